The fourth-order valence-electron chi connectivity index (χ4n) is 5.08. The molecule has 4 nitrogen and oxygen atoms in total. The summed E-state index contributed by atoms with van der Waals surface area (Å²) in [5, 5.41) is 0. The third-order valence-corrected chi connectivity index (χ3v) is 8.46. The van der Waals surface area contributed by atoms with Crippen molar-refractivity contribution in [3.8, 4) is 0 Å². The predicted octanol–water partition coefficient (Wildman–Crippen LogP) is 4.90. The average Bonchev–Trinajstić information content (AvgIpc) is 3.10. The highest BCUT2D eigenvalue weighted by atomic mass is 32.2. The van der Waals surface area contributed by atoms with Crippen LogP contribution in [0.4, 0.5) is 0 Å². The number of ketones is 1. The maximum Gasteiger partial charge on any atom is 0.243 e. The van der Waals surface area contributed by atoms with Crippen LogP contribution >= 0.6 is 0 Å². The number of hydrogen-bond donors (Lipinski definition) is 0. The Morgan fingerprint density at radius 3 is 2.32 bits per heavy atom. The van der Waals surface area contributed by atoms with Gasteiger partial charge in [-0.1, -0.05) is 56.2 Å². The number of nitrogens with zero attached hydrogens (tertiary/aromatic N) is 1. The van der Waals surface area contributed by atoms with Crippen molar-refractivity contribution in [3.63, 3.8) is 0 Å². The molecule has 4 rings (SSSR count). The lowest BCUT2D eigenvalue weighted by Gasteiger charge is -2.40. The summed E-state index contributed by atoms with van der Waals surface area (Å²) in [5.41, 5.74) is 2.57. The van der Waals surface area contributed by atoms with Gasteiger partial charge in [-0.2, -0.15) is 4.31 Å². The molecule has 1 fully saturated rings. The summed E-state index contributed by atoms with van der Waals surface area (Å²) in [7, 11) is -3.66. The number of sulfonamides is 1. The van der Waals surface area contributed by atoms with Crippen molar-refractivity contribution in [1.82, 2.24) is 4.31 Å². The van der Waals surface area contributed by atoms with Gasteiger partial charge in [0, 0.05) is 17.6 Å². The second-order valence-corrected chi connectivity index (χ2v) is 10.2. The van der Waals surface area contributed by atoms with E-state index < -0.39 is 10.0 Å². The Morgan fingerprint density at radius 1 is 1.04 bits per heavy atom. The van der Waals surface area contributed by atoms with Crippen LogP contribution in [0.25, 0.3) is 0 Å². The Bertz CT molecular complexity index is 989. The molecular weight excluding hydrogens is 370 g/mol. The van der Waals surface area contributed by atoms with Crippen molar-refractivity contribution in [2.45, 2.75) is 68.8 Å². The summed E-state index contributed by atoms with van der Waals surface area (Å²) in [4.78, 5) is 11.8. The third-order valence-electron chi connectivity index (χ3n) is 6.50. The van der Waals surface area contributed by atoms with E-state index in [-0.39, 0.29) is 16.2 Å². The molecule has 2 aromatic carbocycles. The minimum Gasteiger partial charge on any atom is -0.295 e. The van der Waals surface area contributed by atoms with E-state index in [2.05, 4.69) is 19.1 Å². The summed E-state index contributed by atoms with van der Waals surface area (Å²) < 4.78 is 29.3. The molecule has 0 radical (unpaired) electrons. The van der Waals surface area contributed by atoms with Crippen LogP contribution in [0.2, 0.25) is 0 Å². The highest BCUT2D eigenvalue weighted by Gasteiger charge is 2.48. The Balaban J connectivity index is 1.81. The van der Waals surface area contributed by atoms with Crippen LogP contribution in [0, 0.1) is 0 Å². The fraction of sp³-hybridized carbons (Fsp3) is 0.435. The van der Waals surface area contributed by atoms with Gasteiger partial charge in [0.25, 0.3) is 0 Å². The van der Waals surface area contributed by atoms with E-state index in [0.29, 0.717) is 18.0 Å². The lowest BCUT2D eigenvalue weighted by Crippen LogP contribution is -2.49. The normalized spacial score (nSPS) is 22.0. The largest absolute Gasteiger partial charge is 0.295 e. The molecule has 1 spiro atoms. The van der Waals surface area contributed by atoms with Crippen molar-refractivity contribution < 1.29 is 13.2 Å². The van der Waals surface area contributed by atoms with Gasteiger partial charge in [0.05, 0.1) is 4.90 Å². The van der Waals surface area contributed by atoms with Crippen molar-refractivity contribution in [2.24, 2.45) is 0 Å². The van der Waals surface area contributed by atoms with Crippen LogP contribution < -0.4 is 0 Å². The molecule has 0 aromatic heterocycles. The number of benzene rings is 2. The predicted molar refractivity (Wildman–Crippen MR) is 110 cm³/mol. The van der Waals surface area contributed by atoms with Crippen molar-refractivity contribution in [3.05, 3.63) is 65.2 Å². The van der Waals surface area contributed by atoms with Gasteiger partial charge in [-0.15, -0.1) is 0 Å². The van der Waals surface area contributed by atoms with E-state index in [1.54, 1.807) is 28.6 Å². The van der Waals surface area contributed by atoms with Gasteiger partial charge in [-0.05, 0) is 55.4 Å². The summed E-state index contributed by atoms with van der Waals surface area (Å²) in [6.45, 7) is 4.12. The summed E-state index contributed by atoms with van der Waals surface area (Å²) >= 11 is 0. The van der Waals surface area contributed by atoms with E-state index in [9.17, 15) is 13.2 Å². The second-order valence-electron chi connectivity index (χ2n) is 8.33. The maximum absolute atomic E-state index is 13.7. The van der Waals surface area contributed by atoms with E-state index in [1.807, 2.05) is 12.1 Å². The molecular formula is C23H27NO3S. The van der Waals surface area contributed by atoms with Gasteiger partial charge in [-0.3, -0.25) is 4.79 Å². The average molecular weight is 398 g/mol. The molecule has 28 heavy (non-hydrogen) atoms. The van der Waals surface area contributed by atoms with Crippen LogP contribution in [-0.4, -0.2) is 24.0 Å². The summed E-state index contributed by atoms with van der Waals surface area (Å²) in [6, 6.07) is 14.6. The number of carbonyl (C=O) groups is 1. The molecule has 0 amide bonds. The molecule has 5 heteroatoms. The highest BCUT2D eigenvalue weighted by molar-refractivity contribution is 7.89. The van der Waals surface area contributed by atoms with E-state index in [0.717, 1.165) is 37.7 Å². The van der Waals surface area contributed by atoms with Crippen LogP contribution in [-0.2, 0) is 16.6 Å². The fourth-order valence-corrected chi connectivity index (χ4v) is 6.89. The Kier molecular flexibility index (Phi) is 4.92. The van der Waals surface area contributed by atoms with Crippen molar-refractivity contribution in [1.29, 1.82) is 0 Å². The van der Waals surface area contributed by atoms with Gasteiger partial charge in [0.15, 0.2) is 5.78 Å². The van der Waals surface area contributed by atoms with E-state index >= 15 is 0 Å². The van der Waals surface area contributed by atoms with Crippen LogP contribution in [0.1, 0.15) is 73.4 Å². The number of Topliss-reactive ketones (excluding diaryl/α,β-unsaturated/α-hetero) is 1. The summed E-state index contributed by atoms with van der Waals surface area (Å²) in [6.07, 6.45) is 4.82. The minimum atomic E-state index is -3.66. The van der Waals surface area contributed by atoms with Crippen LogP contribution in [0.3, 0.4) is 0 Å². The zero-order chi connectivity index (χ0) is 19.9. The molecule has 0 bridgehead atoms. The van der Waals surface area contributed by atoms with Crippen LogP contribution in [0.15, 0.2) is 53.4 Å². The lowest BCUT2D eigenvalue weighted by molar-refractivity contribution is 0.101. The van der Waals surface area contributed by atoms with Gasteiger partial charge >= 0.3 is 0 Å². The molecule has 1 heterocycles. The standard InChI is InChI=1S/C23H27NO3S/c1-17-15-23(13-5-6-14-23)24(16-20-7-3-4-8-22(17)20)28(26,27)21-11-9-19(10-12-21)18(2)25/h3-4,7-12,17H,5-6,13-16H2,1-2H3. The molecule has 0 saturated heterocycles. The molecule has 1 saturated carbocycles. The van der Waals surface area contributed by atoms with Crippen LogP contribution in [0.5, 0.6) is 0 Å². The van der Waals surface area contributed by atoms with Gasteiger partial charge < -0.3 is 0 Å². The molecule has 148 valence electrons. The Labute approximate surface area is 167 Å². The van der Waals surface area contributed by atoms with Crippen molar-refractivity contribution >= 4 is 15.8 Å². The maximum atomic E-state index is 13.7. The van der Waals surface area contributed by atoms with E-state index in [4.69, 9.17) is 0 Å². The minimum absolute atomic E-state index is 0.0614. The van der Waals surface area contributed by atoms with Gasteiger partial charge in [-0.25, -0.2) is 8.42 Å². The molecule has 1 aliphatic heterocycles. The second kappa shape index (κ2) is 7.12. The zero-order valence-corrected chi connectivity index (χ0v) is 17.3. The highest BCUT2D eigenvalue weighted by Crippen LogP contribution is 2.48. The SMILES string of the molecule is CC(=O)c1ccc(S(=O)(=O)N2Cc3ccccc3C(C)CC23CCCC3)cc1. The molecule has 0 N–H and O–H groups in total. The summed E-state index contributed by atoms with van der Waals surface area (Å²) in [5.74, 6) is 0.267. The Morgan fingerprint density at radius 2 is 1.68 bits per heavy atom. The van der Waals surface area contributed by atoms with Gasteiger partial charge in [0.2, 0.25) is 10.0 Å². The molecule has 1 unspecified atom stereocenters. The Hall–Kier alpha value is -1.98. The first kappa shape index (κ1) is 19.3. The van der Waals surface area contributed by atoms with Gasteiger partial charge in [0.1, 0.15) is 0 Å². The monoisotopic (exact) mass is 397 g/mol. The lowest BCUT2D eigenvalue weighted by atomic mass is 9.84. The first-order chi connectivity index (χ1) is 13.3. The molecule has 1 aliphatic carbocycles. The molecule has 2 aliphatic rings. The smallest absolute Gasteiger partial charge is 0.243 e. The van der Waals surface area contributed by atoms with Crippen molar-refractivity contribution in [2.75, 3.05) is 0 Å². The number of fused-ring (bicyclic) bond motifs is 1. The van der Waals surface area contributed by atoms with E-state index in [1.165, 1.54) is 12.5 Å². The number of rotatable bonds is 3. The first-order valence-electron chi connectivity index (χ1n) is 10.1. The first-order valence-corrected chi connectivity index (χ1v) is 11.5. The quantitative estimate of drug-likeness (QED) is 0.692. The molecule has 1 atom stereocenters. The number of hydrogen-bond acceptors (Lipinski definition) is 3. The number of carbonyl (C=O) groups excluding carboxylic acids is 1. The zero-order valence-electron chi connectivity index (χ0n) is 16.5. The topological polar surface area (TPSA) is 54.5 Å². The third kappa shape index (κ3) is 3.20. The molecule has 2 aromatic rings.